The molecule has 0 aliphatic heterocycles. The van der Waals surface area contributed by atoms with Crippen molar-refractivity contribution in [2.24, 2.45) is 7.05 Å². The Hall–Kier alpha value is -2.99. The van der Waals surface area contributed by atoms with Gasteiger partial charge in [-0.15, -0.1) is 0 Å². The molecule has 0 aliphatic rings. The second-order valence-electron chi connectivity index (χ2n) is 5.79. The van der Waals surface area contributed by atoms with Crippen LogP contribution in [0.25, 0.3) is 10.9 Å². The number of fused-ring (bicyclic) bond motifs is 1. The van der Waals surface area contributed by atoms with E-state index in [1.165, 1.54) is 28.6 Å². The summed E-state index contributed by atoms with van der Waals surface area (Å²) in [6, 6.07) is 11.4. The predicted molar refractivity (Wildman–Crippen MR) is 101 cm³/mol. The van der Waals surface area contributed by atoms with E-state index in [9.17, 15) is 19.8 Å². The molecule has 0 bridgehead atoms. The number of carbonyl (C=O) groups is 1. The number of rotatable bonds is 3. The number of benzene rings is 2. The van der Waals surface area contributed by atoms with Gasteiger partial charge in [0.15, 0.2) is 0 Å². The molecule has 1 aromatic heterocycles. The van der Waals surface area contributed by atoms with Crippen molar-refractivity contribution in [1.82, 2.24) is 4.57 Å². The van der Waals surface area contributed by atoms with Gasteiger partial charge in [-0.25, -0.2) is 0 Å². The van der Waals surface area contributed by atoms with Crippen LogP contribution in [0.1, 0.15) is 17.3 Å². The van der Waals surface area contributed by atoms with Gasteiger partial charge in [-0.05, 0) is 25.1 Å². The van der Waals surface area contributed by atoms with Gasteiger partial charge in [0, 0.05) is 25.3 Å². The number of aromatic nitrogens is 1. The van der Waals surface area contributed by atoms with Crippen LogP contribution in [0, 0.1) is 0 Å². The number of para-hydroxylation sites is 1. The maximum atomic E-state index is 13.1. The van der Waals surface area contributed by atoms with Crippen LogP contribution in [0.3, 0.4) is 0 Å². The Morgan fingerprint density at radius 3 is 2.46 bits per heavy atom. The molecule has 0 saturated carbocycles. The minimum absolute atomic E-state index is 0.0462. The quantitative estimate of drug-likeness (QED) is 0.739. The first kappa shape index (κ1) is 17.8. The van der Waals surface area contributed by atoms with Gasteiger partial charge in [0.25, 0.3) is 11.5 Å². The number of phenols is 1. The lowest BCUT2D eigenvalue weighted by molar-refractivity contribution is 0.0984. The van der Waals surface area contributed by atoms with Crippen molar-refractivity contribution >= 4 is 34.1 Å². The van der Waals surface area contributed by atoms with E-state index in [4.69, 9.17) is 11.6 Å². The average molecular weight is 373 g/mol. The summed E-state index contributed by atoms with van der Waals surface area (Å²) in [6.45, 7) is 2.09. The molecule has 0 radical (unpaired) electrons. The summed E-state index contributed by atoms with van der Waals surface area (Å²) in [5.41, 5.74) is -0.190. The molecule has 2 aromatic carbocycles. The molecular formula is C19H17ClN2O4. The minimum Gasteiger partial charge on any atom is -0.508 e. The van der Waals surface area contributed by atoms with Gasteiger partial charge >= 0.3 is 0 Å². The van der Waals surface area contributed by atoms with E-state index < -0.39 is 17.2 Å². The molecule has 26 heavy (non-hydrogen) atoms. The maximum Gasteiger partial charge on any atom is 0.267 e. The van der Waals surface area contributed by atoms with Crippen LogP contribution < -0.4 is 10.5 Å². The fraction of sp³-hybridized carbons (Fsp3) is 0.158. The number of phenolic OH excluding ortho intramolecular Hbond substituents is 1. The molecule has 0 saturated heterocycles. The summed E-state index contributed by atoms with van der Waals surface area (Å²) in [4.78, 5) is 27.2. The Morgan fingerprint density at radius 1 is 1.19 bits per heavy atom. The van der Waals surface area contributed by atoms with E-state index in [1.54, 1.807) is 31.2 Å². The second kappa shape index (κ2) is 6.72. The number of halogens is 1. The highest BCUT2D eigenvalue weighted by atomic mass is 35.5. The van der Waals surface area contributed by atoms with Crippen molar-refractivity contribution in [3.05, 3.63) is 63.4 Å². The van der Waals surface area contributed by atoms with Crippen LogP contribution in [-0.2, 0) is 7.05 Å². The lowest BCUT2D eigenvalue weighted by Crippen LogP contribution is -2.36. The van der Waals surface area contributed by atoms with Crippen LogP contribution in [0.5, 0.6) is 11.5 Å². The summed E-state index contributed by atoms with van der Waals surface area (Å²) >= 11 is 6.14. The summed E-state index contributed by atoms with van der Waals surface area (Å²) in [6.07, 6.45) is 0. The topological polar surface area (TPSA) is 82.8 Å². The fourth-order valence-electron chi connectivity index (χ4n) is 2.96. The lowest BCUT2D eigenvalue weighted by Gasteiger charge is -2.22. The highest BCUT2D eigenvalue weighted by Gasteiger charge is 2.27. The number of nitrogens with zero attached hydrogens (tertiary/aromatic N) is 2. The highest BCUT2D eigenvalue weighted by molar-refractivity contribution is 6.36. The van der Waals surface area contributed by atoms with Gasteiger partial charge in [-0.3, -0.25) is 9.59 Å². The van der Waals surface area contributed by atoms with E-state index >= 15 is 0 Å². The van der Waals surface area contributed by atoms with E-state index in [0.29, 0.717) is 12.2 Å². The third-order valence-electron chi connectivity index (χ3n) is 4.25. The number of hydrogen-bond acceptors (Lipinski definition) is 4. The predicted octanol–water partition coefficient (Wildman–Crippen LogP) is 3.27. The lowest BCUT2D eigenvalue weighted by atomic mass is 10.1. The Kier molecular flexibility index (Phi) is 4.61. The molecule has 1 amide bonds. The Bertz CT molecular complexity index is 1060. The average Bonchev–Trinajstić information content (AvgIpc) is 2.61. The molecule has 0 fully saturated rings. The Labute approximate surface area is 154 Å². The van der Waals surface area contributed by atoms with Crippen LogP contribution in [0.4, 0.5) is 5.69 Å². The number of carbonyl (C=O) groups excluding carboxylic acids is 1. The number of amides is 1. The molecule has 3 rings (SSSR count). The van der Waals surface area contributed by atoms with Crippen LogP contribution >= 0.6 is 11.6 Å². The minimum atomic E-state index is -0.670. The third-order valence-corrected chi connectivity index (χ3v) is 4.55. The van der Waals surface area contributed by atoms with Crippen molar-refractivity contribution in [3.8, 4) is 11.5 Å². The van der Waals surface area contributed by atoms with Gasteiger partial charge in [0.1, 0.15) is 17.1 Å². The molecule has 1 heterocycles. The SMILES string of the molecule is CCN(C(=O)c1c(O)c2c(Cl)cc(O)cc2n(C)c1=O)c1ccccc1. The monoisotopic (exact) mass is 372 g/mol. The molecule has 0 unspecified atom stereocenters. The molecule has 3 aromatic rings. The molecular weight excluding hydrogens is 356 g/mol. The van der Waals surface area contributed by atoms with E-state index in [2.05, 4.69) is 0 Å². The summed E-state index contributed by atoms with van der Waals surface area (Å²) in [7, 11) is 1.45. The van der Waals surface area contributed by atoms with E-state index in [1.807, 2.05) is 6.07 Å². The summed E-state index contributed by atoms with van der Waals surface area (Å²) < 4.78 is 1.19. The van der Waals surface area contributed by atoms with Gasteiger partial charge in [0.05, 0.1) is 15.9 Å². The molecule has 7 heteroatoms. The summed E-state index contributed by atoms with van der Waals surface area (Å²) in [5, 5.41) is 20.6. The van der Waals surface area contributed by atoms with Crippen molar-refractivity contribution in [2.75, 3.05) is 11.4 Å². The van der Waals surface area contributed by atoms with E-state index in [-0.39, 0.29) is 27.2 Å². The van der Waals surface area contributed by atoms with Crippen molar-refractivity contribution < 1.29 is 15.0 Å². The van der Waals surface area contributed by atoms with Crippen LogP contribution in [0.15, 0.2) is 47.3 Å². The first-order valence-electron chi connectivity index (χ1n) is 7.97. The number of anilines is 1. The zero-order valence-corrected chi connectivity index (χ0v) is 15.0. The maximum absolute atomic E-state index is 13.1. The molecule has 134 valence electrons. The highest BCUT2D eigenvalue weighted by Crippen LogP contribution is 2.36. The van der Waals surface area contributed by atoms with Gasteiger partial charge in [-0.1, -0.05) is 29.8 Å². The molecule has 0 atom stereocenters. The fourth-order valence-corrected chi connectivity index (χ4v) is 3.26. The molecule has 6 nitrogen and oxygen atoms in total. The van der Waals surface area contributed by atoms with Gasteiger partial charge in [0.2, 0.25) is 0 Å². The van der Waals surface area contributed by atoms with Crippen molar-refractivity contribution in [1.29, 1.82) is 0 Å². The number of hydrogen-bond donors (Lipinski definition) is 2. The molecule has 2 N–H and O–H groups in total. The van der Waals surface area contributed by atoms with Crippen molar-refractivity contribution in [2.45, 2.75) is 6.92 Å². The Morgan fingerprint density at radius 2 is 1.85 bits per heavy atom. The zero-order valence-electron chi connectivity index (χ0n) is 14.2. The molecule has 0 spiro atoms. The smallest absolute Gasteiger partial charge is 0.267 e. The van der Waals surface area contributed by atoms with E-state index in [0.717, 1.165) is 0 Å². The van der Waals surface area contributed by atoms with Gasteiger partial charge < -0.3 is 19.7 Å². The van der Waals surface area contributed by atoms with Gasteiger partial charge in [-0.2, -0.15) is 0 Å². The second-order valence-corrected chi connectivity index (χ2v) is 6.20. The first-order valence-corrected chi connectivity index (χ1v) is 8.35. The number of aromatic hydroxyl groups is 2. The zero-order chi connectivity index (χ0) is 19.0. The number of pyridine rings is 1. The normalized spacial score (nSPS) is 10.9. The third kappa shape index (κ3) is 2.78. The summed E-state index contributed by atoms with van der Waals surface area (Å²) in [5.74, 6) is -1.26. The van der Waals surface area contributed by atoms with Crippen LogP contribution in [-0.4, -0.2) is 27.2 Å². The number of aryl methyl sites for hydroxylation is 1. The Balaban J connectivity index is 2.28. The van der Waals surface area contributed by atoms with Crippen LogP contribution in [0.2, 0.25) is 5.02 Å². The largest absolute Gasteiger partial charge is 0.508 e. The standard InChI is InChI=1S/C19H17ClN2O4/c1-3-22(11-7-5-4-6-8-11)19(26)16-17(24)15-13(20)9-12(23)10-14(15)21(2)18(16)25/h4-10,23-24H,3H2,1-2H3. The van der Waals surface area contributed by atoms with Crippen molar-refractivity contribution in [3.63, 3.8) is 0 Å². The molecule has 0 aliphatic carbocycles. The first-order chi connectivity index (χ1) is 12.4.